The monoisotopic (exact) mass is 396 g/mol. The first kappa shape index (κ1) is 21.2. The summed E-state index contributed by atoms with van der Waals surface area (Å²) in [4.78, 5) is 24.5. The molecule has 1 aromatic carbocycles. The highest BCUT2D eigenvalue weighted by molar-refractivity contribution is 5.94. The Morgan fingerprint density at radius 3 is 2.90 bits per heavy atom. The van der Waals surface area contributed by atoms with Crippen molar-refractivity contribution in [2.75, 3.05) is 20.2 Å². The summed E-state index contributed by atoms with van der Waals surface area (Å²) in [5, 5.41) is 2.96. The van der Waals surface area contributed by atoms with Gasteiger partial charge in [0, 0.05) is 19.3 Å². The number of methoxy groups -OCH3 is 1. The van der Waals surface area contributed by atoms with Gasteiger partial charge in [-0.2, -0.15) is 0 Å². The number of rotatable bonds is 7. The van der Waals surface area contributed by atoms with Crippen LogP contribution in [0.25, 0.3) is 0 Å². The highest BCUT2D eigenvalue weighted by Gasteiger charge is 2.27. The molecule has 0 bridgehead atoms. The van der Waals surface area contributed by atoms with Crippen LogP contribution in [-0.2, 0) is 6.54 Å². The molecule has 6 nitrogen and oxygen atoms in total. The molecule has 2 aromatic rings. The van der Waals surface area contributed by atoms with Crippen molar-refractivity contribution in [1.29, 1.82) is 0 Å². The highest BCUT2D eigenvalue weighted by atomic mass is 16.5. The number of nitrogens with one attached hydrogen (secondary N) is 1. The summed E-state index contributed by atoms with van der Waals surface area (Å²) in [5.74, 6) is 2.07. The molecule has 1 saturated heterocycles. The second-order valence-corrected chi connectivity index (χ2v) is 8.16. The molecular formula is C23H32N4O2. The molecule has 1 aromatic heterocycles. The van der Waals surface area contributed by atoms with Gasteiger partial charge < -0.3 is 10.1 Å². The summed E-state index contributed by atoms with van der Waals surface area (Å²) in [6, 6.07) is 7.92. The van der Waals surface area contributed by atoms with Gasteiger partial charge in [-0.3, -0.25) is 9.69 Å². The number of aryl methyl sites for hydroxylation is 1. The van der Waals surface area contributed by atoms with Gasteiger partial charge >= 0.3 is 0 Å². The minimum atomic E-state index is -0.153. The predicted molar refractivity (Wildman–Crippen MR) is 114 cm³/mol. The Bertz CT molecular complexity index is 837. The molecule has 0 radical (unpaired) electrons. The van der Waals surface area contributed by atoms with Crippen molar-refractivity contribution < 1.29 is 9.53 Å². The number of aromatic nitrogens is 2. The Balaban J connectivity index is 1.68. The normalized spacial score (nSPS) is 17.3. The number of nitrogens with zero attached hydrogens (tertiary/aromatic N) is 3. The van der Waals surface area contributed by atoms with E-state index in [0.29, 0.717) is 18.0 Å². The number of benzene rings is 1. The lowest BCUT2D eigenvalue weighted by molar-refractivity contribution is 0.0948. The molecule has 0 saturated carbocycles. The van der Waals surface area contributed by atoms with Crippen LogP contribution in [0, 0.1) is 12.8 Å². The molecule has 1 aliphatic heterocycles. The second kappa shape index (κ2) is 9.83. The number of hydrogen-bond acceptors (Lipinski definition) is 5. The Morgan fingerprint density at radius 1 is 1.34 bits per heavy atom. The lowest BCUT2D eigenvalue weighted by Crippen LogP contribution is -2.37. The maximum atomic E-state index is 12.7. The van der Waals surface area contributed by atoms with E-state index in [4.69, 9.17) is 9.72 Å². The largest absolute Gasteiger partial charge is 0.497 e. The third-order valence-electron chi connectivity index (χ3n) is 5.34. The fourth-order valence-electron chi connectivity index (χ4n) is 3.90. The van der Waals surface area contributed by atoms with Crippen molar-refractivity contribution in [3.05, 3.63) is 53.1 Å². The molecule has 1 amide bonds. The predicted octanol–water partition coefficient (Wildman–Crippen LogP) is 3.91. The maximum Gasteiger partial charge on any atom is 0.254 e. The van der Waals surface area contributed by atoms with Gasteiger partial charge in [-0.25, -0.2) is 9.97 Å². The van der Waals surface area contributed by atoms with E-state index in [-0.39, 0.29) is 11.9 Å². The van der Waals surface area contributed by atoms with E-state index in [1.54, 1.807) is 13.3 Å². The summed E-state index contributed by atoms with van der Waals surface area (Å²) in [5.41, 5.74) is 2.25. The Hall–Kier alpha value is -2.47. The molecule has 2 heterocycles. The van der Waals surface area contributed by atoms with Crippen LogP contribution in [-0.4, -0.2) is 41.0 Å². The van der Waals surface area contributed by atoms with Gasteiger partial charge in [0.2, 0.25) is 0 Å². The van der Waals surface area contributed by atoms with E-state index in [1.165, 1.54) is 12.8 Å². The topological polar surface area (TPSA) is 67.3 Å². The smallest absolute Gasteiger partial charge is 0.254 e. The van der Waals surface area contributed by atoms with Crippen LogP contribution in [0.5, 0.6) is 5.75 Å². The third kappa shape index (κ3) is 5.54. The number of hydrogen-bond donors (Lipinski definition) is 1. The number of carbonyl (C=O) groups excluding carboxylic acids is 1. The SMILES string of the molecule is COc1cccc(CNC(=O)c2cnc(C3CCCCN3CC(C)C)nc2C)c1. The molecule has 1 atom stereocenters. The van der Waals surface area contributed by atoms with Crippen LogP contribution in [0.15, 0.2) is 30.5 Å². The van der Waals surface area contributed by atoms with Gasteiger partial charge in [0.25, 0.3) is 5.91 Å². The van der Waals surface area contributed by atoms with Gasteiger partial charge in [-0.05, 0) is 49.9 Å². The van der Waals surface area contributed by atoms with Gasteiger partial charge in [0.1, 0.15) is 11.6 Å². The quantitative estimate of drug-likeness (QED) is 0.769. The zero-order valence-electron chi connectivity index (χ0n) is 17.9. The van der Waals surface area contributed by atoms with E-state index in [9.17, 15) is 4.79 Å². The molecule has 1 N–H and O–H groups in total. The maximum absolute atomic E-state index is 12.7. The van der Waals surface area contributed by atoms with Crippen LogP contribution in [0.1, 0.15) is 66.6 Å². The minimum absolute atomic E-state index is 0.153. The van der Waals surface area contributed by atoms with Crippen molar-refractivity contribution >= 4 is 5.91 Å². The molecular weight excluding hydrogens is 364 g/mol. The molecule has 1 aliphatic rings. The summed E-state index contributed by atoms with van der Waals surface area (Å²) >= 11 is 0. The molecule has 29 heavy (non-hydrogen) atoms. The number of carbonyl (C=O) groups is 1. The lowest BCUT2D eigenvalue weighted by Gasteiger charge is -2.35. The van der Waals surface area contributed by atoms with Gasteiger partial charge in [-0.1, -0.05) is 32.4 Å². The molecule has 0 aliphatic carbocycles. The van der Waals surface area contributed by atoms with Gasteiger partial charge in [0.15, 0.2) is 0 Å². The zero-order chi connectivity index (χ0) is 20.8. The van der Waals surface area contributed by atoms with Crippen molar-refractivity contribution in [3.8, 4) is 5.75 Å². The van der Waals surface area contributed by atoms with Crippen molar-refractivity contribution in [3.63, 3.8) is 0 Å². The van der Waals surface area contributed by atoms with Crippen LogP contribution in [0.3, 0.4) is 0 Å². The van der Waals surface area contributed by atoms with E-state index in [0.717, 1.165) is 42.3 Å². The van der Waals surface area contributed by atoms with Crippen LogP contribution in [0.2, 0.25) is 0 Å². The fraction of sp³-hybridized carbons (Fsp3) is 0.522. The van der Waals surface area contributed by atoms with E-state index < -0.39 is 0 Å². The Morgan fingerprint density at radius 2 is 2.17 bits per heavy atom. The standard InChI is InChI=1S/C23H32N4O2/c1-16(2)15-27-11-6-5-10-21(27)22-24-14-20(17(3)26-22)23(28)25-13-18-8-7-9-19(12-18)29-4/h7-9,12,14,16,21H,5-6,10-11,13,15H2,1-4H3,(H,25,28). The first-order valence-electron chi connectivity index (χ1n) is 10.5. The van der Waals surface area contributed by atoms with Gasteiger partial charge in [-0.15, -0.1) is 0 Å². The molecule has 1 fully saturated rings. The summed E-state index contributed by atoms with van der Waals surface area (Å²) in [6.07, 6.45) is 5.19. The summed E-state index contributed by atoms with van der Waals surface area (Å²) in [7, 11) is 1.63. The molecule has 0 spiro atoms. The highest BCUT2D eigenvalue weighted by Crippen LogP contribution is 2.29. The number of ether oxygens (including phenoxy) is 1. The van der Waals surface area contributed by atoms with E-state index in [1.807, 2.05) is 31.2 Å². The zero-order valence-corrected chi connectivity index (χ0v) is 17.9. The summed E-state index contributed by atoms with van der Waals surface area (Å²) in [6.45, 7) is 8.95. The number of piperidine rings is 1. The van der Waals surface area contributed by atoms with Crippen LogP contribution < -0.4 is 10.1 Å². The molecule has 3 rings (SSSR count). The van der Waals surface area contributed by atoms with Gasteiger partial charge in [0.05, 0.1) is 24.4 Å². The van der Waals surface area contributed by atoms with E-state index in [2.05, 4.69) is 29.0 Å². The first-order valence-corrected chi connectivity index (χ1v) is 10.5. The Labute approximate surface area is 173 Å². The van der Waals surface area contributed by atoms with Crippen LogP contribution >= 0.6 is 0 Å². The average molecular weight is 397 g/mol. The molecule has 6 heteroatoms. The fourth-order valence-corrected chi connectivity index (χ4v) is 3.90. The average Bonchev–Trinajstić information content (AvgIpc) is 2.72. The summed E-state index contributed by atoms with van der Waals surface area (Å²) < 4.78 is 5.23. The van der Waals surface area contributed by atoms with Crippen molar-refractivity contribution in [1.82, 2.24) is 20.2 Å². The first-order chi connectivity index (χ1) is 14.0. The lowest BCUT2D eigenvalue weighted by atomic mass is 9.99. The second-order valence-electron chi connectivity index (χ2n) is 8.16. The molecule has 156 valence electrons. The Kier molecular flexibility index (Phi) is 7.20. The number of likely N-dealkylation sites (tertiary alicyclic amines) is 1. The van der Waals surface area contributed by atoms with Crippen LogP contribution in [0.4, 0.5) is 0 Å². The van der Waals surface area contributed by atoms with Crippen molar-refractivity contribution in [2.24, 2.45) is 5.92 Å². The third-order valence-corrected chi connectivity index (χ3v) is 5.34. The van der Waals surface area contributed by atoms with E-state index >= 15 is 0 Å². The minimum Gasteiger partial charge on any atom is -0.497 e. The number of amides is 1. The molecule has 1 unspecified atom stereocenters. The van der Waals surface area contributed by atoms with Crippen molar-refractivity contribution in [2.45, 2.75) is 52.6 Å².